The standard InChI is InChI=1S/C18H17FN4O2S2/c1-9(2)14(15(24)23-18(20)25)27-17-13-12(7-26-16(13)21-8-22-17)10-3-5-11(19)6-4-10/h3-9,14H,1-2H3,(H3,20,23,24,25). The van der Waals surface area contributed by atoms with Crippen molar-refractivity contribution in [3.63, 3.8) is 0 Å². The van der Waals surface area contributed by atoms with Crippen molar-refractivity contribution >= 4 is 45.3 Å². The van der Waals surface area contributed by atoms with Crippen LogP contribution in [0.15, 0.2) is 41.0 Å². The van der Waals surface area contributed by atoms with E-state index >= 15 is 0 Å². The molecule has 3 amide bonds. The topological polar surface area (TPSA) is 98.0 Å². The second kappa shape index (κ2) is 8.01. The van der Waals surface area contributed by atoms with Crippen LogP contribution in [-0.4, -0.2) is 27.2 Å². The fourth-order valence-electron chi connectivity index (χ4n) is 2.58. The van der Waals surface area contributed by atoms with Gasteiger partial charge >= 0.3 is 6.03 Å². The van der Waals surface area contributed by atoms with Crippen molar-refractivity contribution in [1.82, 2.24) is 15.3 Å². The number of nitrogens with zero attached hydrogens (tertiary/aromatic N) is 2. The predicted molar refractivity (Wildman–Crippen MR) is 105 cm³/mol. The van der Waals surface area contributed by atoms with E-state index in [1.54, 1.807) is 12.1 Å². The van der Waals surface area contributed by atoms with E-state index in [0.29, 0.717) is 5.03 Å². The molecule has 140 valence electrons. The highest BCUT2D eigenvalue weighted by atomic mass is 32.2. The lowest BCUT2D eigenvalue weighted by molar-refractivity contribution is -0.120. The summed E-state index contributed by atoms with van der Waals surface area (Å²) in [4.78, 5) is 32.8. The molecule has 0 radical (unpaired) electrons. The number of thioether (sulfide) groups is 1. The van der Waals surface area contributed by atoms with Gasteiger partial charge in [0, 0.05) is 10.9 Å². The van der Waals surface area contributed by atoms with Gasteiger partial charge in [0.25, 0.3) is 0 Å². The number of fused-ring (bicyclic) bond motifs is 1. The van der Waals surface area contributed by atoms with Crippen molar-refractivity contribution in [3.8, 4) is 11.1 Å². The quantitative estimate of drug-likeness (QED) is 0.498. The minimum absolute atomic E-state index is 0.0627. The molecule has 1 unspecified atom stereocenters. The summed E-state index contributed by atoms with van der Waals surface area (Å²) in [5.41, 5.74) is 6.78. The van der Waals surface area contributed by atoms with Crippen molar-refractivity contribution in [2.75, 3.05) is 0 Å². The number of primary amides is 1. The van der Waals surface area contributed by atoms with E-state index in [2.05, 4.69) is 15.3 Å². The minimum atomic E-state index is -0.887. The maximum Gasteiger partial charge on any atom is 0.318 e. The summed E-state index contributed by atoms with van der Waals surface area (Å²) < 4.78 is 13.3. The SMILES string of the molecule is CC(C)C(Sc1ncnc2scc(-c3ccc(F)cc3)c12)C(=O)NC(N)=O. The summed E-state index contributed by atoms with van der Waals surface area (Å²) in [6, 6.07) is 5.29. The molecule has 2 heterocycles. The molecule has 0 saturated carbocycles. The molecule has 6 nitrogen and oxygen atoms in total. The van der Waals surface area contributed by atoms with Crippen molar-refractivity contribution < 1.29 is 14.0 Å². The number of rotatable bonds is 5. The van der Waals surface area contributed by atoms with E-state index in [-0.39, 0.29) is 11.7 Å². The largest absolute Gasteiger partial charge is 0.351 e. The van der Waals surface area contributed by atoms with Crippen LogP contribution in [0.5, 0.6) is 0 Å². The monoisotopic (exact) mass is 404 g/mol. The average molecular weight is 404 g/mol. The van der Waals surface area contributed by atoms with Crippen molar-refractivity contribution in [3.05, 3.63) is 41.8 Å². The summed E-state index contributed by atoms with van der Waals surface area (Å²) in [6.45, 7) is 3.76. The van der Waals surface area contributed by atoms with E-state index in [9.17, 15) is 14.0 Å². The fourth-order valence-corrected chi connectivity index (χ4v) is 4.68. The number of thiophene rings is 1. The van der Waals surface area contributed by atoms with Crippen LogP contribution in [-0.2, 0) is 4.79 Å². The first kappa shape index (κ1) is 19.2. The van der Waals surface area contributed by atoms with Crippen molar-refractivity contribution in [2.45, 2.75) is 24.1 Å². The zero-order valence-electron chi connectivity index (χ0n) is 14.6. The molecule has 0 saturated heterocycles. The Morgan fingerprint density at radius 2 is 1.93 bits per heavy atom. The molecule has 27 heavy (non-hydrogen) atoms. The summed E-state index contributed by atoms with van der Waals surface area (Å²) in [5, 5.41) is 4.94. The number of imide groups is 1. The Balaban J connectivity index is 2.03. The van der Waals surface area contributed by atoms with Crippen LogP contribution in [0.1, 0.15) is 13.8 Å². The number of carbonyl (C=O) groups excluding carboxylic acids is 2. The molecule has 0 aliphatic carbocycles. The number of halogens is 1. The first-order valence-corrected chi connectivity index (χ1v) is 9.88. The Morgan fingerprint density at radius 1 is 1.22 bits per heavy atom. The Bertz CT molecular complexity index is 989. The Hall–Kier alpha value is -2.52. The molecule has 3 rings (SSSR count). The van der Waals surface area contributed by atoms with Gasteiger partial charge in [-0.25, -0.2) is 19.2 Å². The lowest BCUT2D eigenvalue weighted by Crippen LogP contribution is -2.42. The Morgan fingerprint density at radius 3 is 2.56 bits per heavy atom. The predicted octanol–water partition coefficient (Wildman–Crippen LogP) is 3.81. The third-order valence-electron chi connectivity index (χ3n) is 3.84. The van der Waals surface area contributed by atoms with E-state index in [1.807, 2.05) is 19.2 Å². The Labute approximate surface area is 163 Å². The van der Waals surface area contributed by atoms with E-state index in [0.717, 1.165) is 21.3 Å². The molecule has 2 aromatic heterocycles. The maximum absolute atomic E-state index is 13.3. The van der Waals surface area contributed by atoms with Gasteiger partial charge in [0.2, 0.25) is 5.91 Å². The summed E-state index contributed by atoms with van der Waals surface area (Å²) >= 11 is 2.70. The Kier molecular flexibility index (Phi) is 5.71. The van der Waals surface area contributed by atoms with Crippen molar-refractivity contribution in [1.29, 1.82) is 0 Å². The van der Waals surface area contributed by atoms with Gasteiger partial charge in [0.05, 0.1) is 10.6 Å². The second-order valence-corrected chi connectivity index (χ2v) is 8.14. The molecule has 0 aliphatic heterocycles. The van der Waals surface area contributed by atoms with Gasteiger partial charge in [-0.15, -0.1) is 11.3 Å². The molecular formula is C18H17FN4O2S2. The number of nitrogens with one attached hydrogen (secondary N) is 1. The number of carbonyl (C=O) groups is 2. The van der Waals surface area contributed by atoms with Crippen LogP contribution in [0, 0.1) is 11.7 Å². The highest BCUT2D eigenvalue weighted by molar-refractivity contribution is 8.00. The number of amides is 3. The summed E-state index contributed by atoms with van der Waals surface area (Å²) in [6.07, 6.45) is 1.44. The molecule has 0 fully saturated rings. The highest BCUT2D eigenvalue weighted by Crippen LogP contribution is 2.40. The summed E-state index contributed by atoms with van der Waals surface area (Å²) in [7, 11) is 0. The average Bonchev–Trinajstić information content (AvgIpc) is 3.04. The number of benzene rings is 1. The van der Waals surface area contributed by atoms with Crippen LogP contribution in [0.2, 0.25) is 0 Å². The molecule has 3 aromatic rings. The van der Waals surface area contributed by atoms with Gasteiger partial charge in [0.15, 0.2) is 0 Å². The number of hydrogen-bond donors (Lipinski definition) is 2. The van der Waals surface area contributed by atoms with Crippen LogP contribution in [0.4, 0.5) is 9.18 Å². The molecule has 1 atom stereocenters. The molecule has 0 bridgehead atoms. The van der Waals surface area contributed by atoms with Gasteiger partial charge < -0.3 is 5.73 Å². The van der Waals surface area contributed by atoms with Crippen molar-refractivity contribution in [2.24, 2.45) is 11.7 Å². The van der Waals surface area contributed by atoms with Gasteiger partial charge in [-0.05, 0) is 23.6 Å². The molecule has 0 spiro atoms. The molecule has 1 aromatic carbocycles. The zero-order valence-corrected chi connectivity index (χ0v) is 16.2. The number of aromatic nitrogens is 2. The third-order valence-corrected chi connectivity index (χ3v) is 6.27. The third kappa shape index (κ3) is 4.25. The normalized spacial score (nSPS) is 12.3. The van der Waals surface area contributed by atoms with Gasteiger partial charge in [-0.2, -0.15) is 0 Å². The van der Waals surface area contributed by atoms with Gasteiger partial charge in [-0.3, -0.25) is 10.1 Å². The summed E-state index contributed by atoms with van der Waals surface area (Å²) in [5.74, 6) is -0.841. The lowest BCUT2D eigenvalue weighted by atomic mass is 10.1. The van der Waals surface area contributed by atoms with E-state index in [1.165, 1.54) is 41.6 Å². The molecular weight excluding hydrogens is 387 g/mol. The first-order chi connectivity index (χ1) is 12.9. The molecule has 3 N–H and O–H groups in total. The van der Waals surface area contributed by atoms with Crippen LogP contribution in [0.3, 0.4) is 0 Å². The second-order valence-electron chi connectivity index (χ2n) is 6.15. The van der Waals surface area contributed by atoms with E-state index in [4.69, 9.17) is 5.73 Å². The number of hydrogen-bond acceptors (Lipinski definition) is 6. The number of urea groups is 1. The maximum atomic E-state index is 13.3. The van der Waals surface area contributed by atoms with E-state index < -0.39 is 17.2 Å². The fraction of sp³-hybridized carbons (Fsp3) is 0.222. The minimum Gasteiger partial charge on any atom is -0.351 e. The van der Waals surface area contributed by atoms with Crippen LogP contribution in [0.25, 0.3) is 21.3 Å². The molecule has 0 aliphatic rings. The molecule has 9 heteroatoms. The van der Waals surface area contributed by atoms with Gasteiger partial charge in [-0.1, -0.05) is 37.7 Å². The number of nitrogens with two attached hydrogens (primary N) is 1. The first-order valence-electron chi connectivity index (χ1n) is 8.12. The zero-order chi connectivity index (χ0) is 19.6. The smallest absolute Gasteiger partial charge is 0.318 e. The van der Waals surface area contributed by atoms with Gasteiger partial charge in [0.1, 0.15) is 22.0 Å². The van der Waals surface area contributed by atoms with Crippen LogP contribution < -0.4 is 11.1 Å². The lowest BCUT2D eigenvalue weighted by Gasteiger charge is -2.18. The highest BCUT2D eigenvalue weighted by Gasteiger charge is 2.27. The van der Waals surface area contributed by atoms with Crippen LogP contribution >= 0.6 is 23.1 Å².